The Labute approximate surface area is 146 Å². The number of aliphatic carboxylic acids is 1. The molecule has 0 aromatic carbocycles. The summed E-state index contributed by atoms with van der Waals surface area (Å²) in [5.41, 5.74) is 0. The quantitative estimate of drug-likeness (QED) is 0.526. The third-order valence-electron chi connectivity index (χ3n) is 2.98. The molecular weight excluding hydrogens is 477 g/mol. The maximum Gasteiger partial charge on any atom is 0.460 e. The lowest BCUT2D eigenvalue weighted by atomic mass is 9.89. The van der Waals surface area contributed by atoms with Gasteiger partial charge in [-0.3, -0.25) is 0 Å². The second-order valence-electron chi connectivity index (χ2n) is 4.81. The number of hydrogen-bond acceptors (Lipinski definition) is 2. The van der Waals surface area contributed by atoms with Crippen molar-refractivity contribution in [3.63, 3.8) is 0 Å². The Balaban J connectivity index is 0. The van der Waals surface area contributed by atoms with E-state index in [0.717, 1.165) is 0 Å². The van der Waals surface area contributed by atoms with Gasteiger partial charge < -0.3 is 9.90 Å². The largest absolute Gasteiger partial charge is 0.544 e. The molecule has 174 valence electrons. The zero-order valence-corrected chi connectivity index (χ0v) is 12.3. The lowest BCUT2D eigenvalue weighted by molar-refractivity contribution is -0.463. The molecule has 0 amide bonds. The van der Waals surface area contributed by atoms with E-state index in [1.807, 2.05) is 0 Å². The van der Waals surface area contributed by atoms with Gasteiger partial charge in [-0.25, -0.2) is 0 Å². The van der Waals surface area contributed by atoms with Crippen molar-refractivity contribution in [2.75, 3.05) is 0 Å². The number of halogens is 17. The first-order valence-electron chi connectivity index (χ1n) is 5.62. The summed E-state index contributed by atoms with van der Waals surface area (Å²) in [5, 5.41) is 9.65. The summed E-state index contributed by atoms with van der Waals surface area (Å²) in [6.07, 6.45) is -7.84. The molecule has 29 heavy (non-hydrogen) atoms. The normalized spacial score (nSPS) is 15.8. The molecule has 3 nitrogen and oxygen atoms in total. The molecule has 20 heteroatoms. The number of alkyl halides is 17. The fourth-order valence-corrected chi connectivity index (χ4v) is 1.29. The van der Waals surface area contributed by atoms with Crippen LogP contribution in [0.25, 0.3) is 0 Å². The van der Waals surface area contributed by atoms with Gasteiger partial charge in [0.05, 0.1) is 0 Å². The number of hydrogen-bond donors (Lipinski definition) is 0. The molecular formula is C9H2F17NO2. The molecule has 0 aromatic rings. The number of carbonyl (C=O) groups is 1. The standard InChI is InChI=1S/C9HF17O2.H2N/c10-2(11,1(27)28)3(12,13)4(14,15)5(16,17)6(18,19)7(20,21)8(22,23)9(24,25)26;/h(H,27,28);1H2/q;+1/p-1. The van der Waals surface area contributed by atoms with Crippen LogP contribution in [0.1, 0.15) is 0 Å². The van der Waals surface area contributed by atoms with Gasteiger partial charge in [-0.05, 0) is 0 Å². The Kier molecular flexibility index (Phi) is 7.00. The van der Waals surface area contributed by atoms with Crippen molar-refractivity contribution in [1.82, 2.24) is 0 Å². The molecule has 0 saturated heterocycles. The van der Waals surface area contributed by atoms with E-state index in [2.05, 4.69) is 0 Å². The van der Waals surface area contributed by atoms with Crippen molar-refractivity contribution in [1.29, 1.82) is 0 Å². The van der Waals surface area contributed by atoms with E-state index >= 15 is 0 Å². The number of carboxylic acid groups (broad SMARTS) is 1. The lowest BCUT2D eigenvalue weighted by Crippen LogP contribution is -2.75. The fourth-order valence-electron chi connectivity index (χ4n) is 1.29. The maximum absolute atomic E-state index is 13.0. The highest BCUT2D eigenvalue weighted by Gasteiger charge is 2.95. The predicted octanol–water partition coefficient (Wildman–Crippen LogP) is 2.22. The van der Waals surface area contributed by atoms with Crippen LogP contribution in [-0.4, -0.2) is 53.6 Å². The van der Waals surface area contributed by atoms with Crippen molar-refractivity contribution >= 4 is 5.97 Å². The molecule has 2 radical (unpaired) electrons. The molecule has 0 unspecified atom stereocenters. The van der Waals surface area contributed by atoms with Crippen LogP contribution in [0, 0.1) is 0 Å². The second-order valence-corrected chi connectivity index (χ2v) is 4.81. The molecule has 0 rings (SSSR count). The summed E-state index contributed by atoms with van der Waals surface area (Å²) < 4.78 is 214. The van der Waals surface area contributed by atoms with Crippen molar-refractivity contribution in [2.24, 2.45) is 0 Å². The van der Waals surface area contributed by atoms with Crippen LogP contribution < -0.4 is 11.3 Å². The van der Waals surface area contributed by atoms with Gasteiger partial charge in [0.15, 0.2) is 0 Å². The summed E-state index contributed by atoms with van der Waals surface area (Å²) in [6.45, 7) is 0. The van der Waals surface area contributed by atoms with Crippen molar-refractivity contribution in [2.45, 2.75) is 47.6 Å². The second kappa shape index (κ2) is 6.89. The Morgan fingerprint density at radius 3 is 0.862 bits per heavy atom. The summed E-state index contributed by atoms with van der Waals surface area (Å²) in [5.74, 6) is -63.5. The van der Waals surface area contributed by atoms with Crippen LogP contribution in [0.4, 0.5) is 74.6 Å². The molecule has 2 N–H and O–H groups in total. The van der Waals surface area contributed by atoms with E-state index in [1.165, 1.54) is 0 Å². The molecule has 0 saturated carbocycles. The minimum Gasteiger partial charge on any atom is -0.544 e. The van der Waals surface area contributed by atoms with Gasteiger partial charge in [0.25, 0.3) is 0 Å². The average molecular weight is 479 g/mol. The van der Waals surface area contributed by atoms with Crippen LogP contribution in [0.5, 0.6) is 0 Å². The fraction of sp³-hybridized carbons (Fsp3) is 0.889. The molecule has 0 aliphatic heterocycles. The zero-order valence-electron chi connectivity index (χ0n) is 12.3. The summed E-state index contributed by atoms with van der Waals surface area (Å²) >= 11 is 0. The summed E-state index contributed by atoms with van der Waals surface area (Å²) in [6, 6.07) is 0. The highest BCUT2D eigenvalue weighted by Crippen LogP contribution is 2.63. The SMILES string of the molecule is O=C([O-])C(F)(F)C(F)(F)C(F)(F)C(F)(F)C(F)(F)C(F)(F)C(F)(F)C(F)(F)F.[NH2+]. The van der Waals surface area contributed by atoms with E-state index in [1.54, 1.807) is 0 Å². The van der Waals surface area contributed by atoms with Crippen LogP contribution in [-0.2, 0) is 4.79 Å². The van der Waals surface area contributed by atoms with Gasteiger partial charge in [-0.1, -0.05) is 0 Å². The van der Waals surface area contributed by atoms with Crippen LogP contribution in [0.2, 0.25) is 0 Å². The topological polar surface area (TPSA) is 73.6 Å². The third kappa shape index (κ3) is 3.41. The van der Waals surface area contributed by atoms with Gasteiger partial charge in [-0.2, -0.15) is 74.6 Å². The van der Waals surface area contributed by atoms with E-state index in [-0.39, 0.29) is 6.15 Å². The van der Waals surface area contributed by atoms with E-state index in [9.17, 15) is 84.5 Å². The van der Waals surface area contributed by atoms with E-state index < -0.39 is 53.6 Å². The highest BCUT2D eigenvalue weighted by molar-refractivity contribution is 5.75. The molecule has 0 bridgehead atoms. The van der Waals surface area contributed by atoms with E-state index in [0.29, 0.717) is 0 Å². The molecule has 0 spiro atoms. The van der Waals surface area contributed by atoms with Gasteiger partial charge in [0.1, 0.15) is 5.97 Å². The van der Waals surface area contributed by atoms with Crippen LogP contribution in [0.15, 0.2) is 0 Å². The lowest BCUT2D eigenvalue weighted by Gasteiger charge is -2.42. The summed E-state index contributed by atoms with van der Waals surface area (Å²) in [7, 11) is 0. The number of nitrogens with two attached hydrogens (primary N) is 1. The van der Waals surface area contributed by atoms with Crippen molar-refractivity contribution < 1.29 is 90.7 Å². The van der Waals surface area contributed by atoms with Crippen molar-refractivity contribution in [3.05, 3.63) is 0 Å². The van der Waals surface area contributed by atoms with E-state index in [4.69, 9.17) is 0 Å². The molecule has 0 aliphatic carbocycles. The Morgan fingerprint density at radius 1 is 0.448 bits per heavy atom. The molecule has 0 heterocycles. The molecule has 0 aromatic heterocycles. The van der Waals surface area contributed by atoms with Crippen LogP contribution >= 0.6 is 0 Å². The maximum atomic E-state index is 13.0. The van der Waals surface area contributed by atoms with Crippen molar-refractivity contribution in [3.8, 4) is 0 Å². The molecule has 0 aliphatic rings. The number of rotatable bonds is 7. The minimum absolute atomic E-state index is 0. The smallest absolute Gasteiger partial charge is 0.460 e. The minimum atomic E-state index is -8.79. The van der Waals surface area contributed by atoms with Crippen LogP contribution in [0.3, 0.4) is 0 Å². The summed E-state index contributed by atoms with van der Waals surface area (Å²) in [4.78, 5) is 9.65. The monoisotopic (exact) mass is 479 g/mol. The molecule has 0 fully saturated rings. The predicted molar refractivity (Wildman–Crippen MR) is 47.6 cm³/mol. The Bertz CT molecular complexity index is 621. The first-order chi connectivity index (χ1) is 11.7. The van der Waals surface area contributed by atoms with Gasteiger partial charge in [-0.15, -0.1) is 0 Å². The first kappa shape index (κ1) is 29.4. The van der Waals surface area contributed by atoms with Gasteiger partial charge in [0.2, 0.25) is 0 Å². The number of carboxylic acids is 1. The highest BCUT2D eigenvalue weighted by atomic mass is 19.4. The average Bonchev–Trinajstić information content (AvgIpc) is 2.44. The zero-order chi connectivity index (χ0) is 23.6. The Hall–Kier alpha value is -1.76. The third-order valence-corrected chi connectivity index (χ3v) is 2.98. The molecule has 0 atom stereocenters. The van der Waals surface area contributed by atoms with Gasteiger partial charge in [0, 0.05) is 6.15 Å². The Morgan fingerprint density at radius 2 is 0.655 bits per heavy atom. The van der Waals surface area contributed by atoms with Gasteiger partial charge >= 0.3 is 47.6 Å². The number of carbonyl (C=O) groups excluding carboxylic acids is 1. The first-order valence-corrected chi connectivity index (χ1v) is 5.62.